The predicted molar refractivity (Wildman–Crippen MR) is 92.2 cm³/mol. The van der Waals surface area contributed by atoms with E-state index in [1.807, 2.05) is 23.1 Å². The first kappa shape index (κ1) is 15.2. The number of fused-ring (bicyclic) bond motifs is 1. The average molecular weight is 325 g/mol. The second-order valence-corrected chi connectivity index (χ2v) is 6.87. The fourth-order valence-corrected chi connectivity index (χ4v) is 3.83. The van der Waals surface area contributed by atoms with Gasteiger partial charge in [0.15, 0.2) is 0 Å². The molecule has 1 amide bonds. The zero-order valence-corrected chi connectivity index (χ0v) is 14.1. The molecule has 5 heteroatoms. The van der Waals surface area contributed by atoms with Gasteiger partial charge in [-0.1, -0.05) is 36.2 Å². The van der Waals surface area contributed by atoms with Crippen molar-refractivity contribution < 1.29 is 9.32 Å². The van der Waals surface area contributed by atoms with Crippen molar-refractivity contribution in [2.45, 2.75) is 38.1 Å². The third-order valence-corrected chi connectivity index (χ3v) is 5.27. The quantitative estimate of drug-likeness (QED) is 0.849. The van der Waals surface area contributed by atoms with E-state index in [4.69, 9.17) is 4.52 Å². The zero-order valence-electron chi connectivity index (χ0n) is 14.1. The number of carbonyl (C=O) groups excluding carboxylic acids is 1. The van der Waals surface area contributed by atoms with E-state index in [1.54, 1.807) is 0 Å². The Kier molecular flexibility index (Phi) is 4.00. The second-order valence-electron chi connectivity index (χ2n) is 6.87. The Bertz CT molecular complexity index is 734. The molecule has 126 valence electrons. The summed E-state index contributed by atoms with van der Waals surface area (Å²) >= 11 is 0. The first-order chi connectivity index (χ1) is 11.7. The lowest BCUT2D eigenvalue weighted by molar-refractivity contribution is 0.0709. The summed E-state index contributed by atoms with van der Waals surface area (Å²) in [4.78, 5) is 16.9. The Balaban J connectivity index is 1.54. The number of anilines is 1. The van der Waals surface area contributed by atoms with Crippen molar-refractivity contribution in [2.24, 2.45) is 0 Å². The molecule has 2 aromatic rings. The van der Waals surface area contributed by atoms with Gasteiger partial charge in [0.05, 0.1) is 5.69 Å². The first-order valence-corrected chi connectivity index (χ1v) is 8.77. The molecule has 1 fully saturated rings. The highest BCUT2D eigenvalue weighted by Crippen LogP contribution is 2.34. The molecule has 24 heavy (non-hydrogen) atoms. The van der Waals surface area contributed by atoms with Crippen LogP contribution in [0.25, 0.3) is 0 Å². The summed E-state index contributed by atoms with van der Waals surface area (Å²) in [5.74, 6) is 0.780. The minimum absolute atomic E-state index is 0.0585. The standard InChI is InChI=1S/C19H23N3O2/c1-21-10-11-22(13-15-8-4-5-9-17(15)21)19(23)18-12-16(20-24-18)14-6-2-3-7-14/h4-5,8-9,12,14H,2-3,6-7,10-11,13H2,1H3. The second kappa shape index (κ2) is 6.30. The minimum Gasteiger partial charge on any atom is -0.373 e. The lowest BCUT2D eigenvalue weighted by Crippen LogP contribution is -2.34. The summed E-state index contributed by atoms with van der Waals surface area (Å²) in [6.45, 7) is 2.11. The van der Waals surface area contributed by atoms with Crippen LogP contribution in [0.5, 0.6) is 0 Å². The number of likely N-dealkylation sites (N-methyl/N-ethyl adjacent to an activating group) is 1. The summed E-state index contributed by atoms with van der Waals surface area (Å²) in [7, 11) is 2.07. The summed E-state index contributed by atoms with van der Waals surface area (Å²) in [5.41, 5.74) is 3.31. The molecule has 1 aromatic carbocycles. The molecule has 0 radical (unpaired) electrons. The van der Waals surface area contributed by atoms with Gasteiger partial charge >= 0.3 is 0 Å². The van der Waals surface area contributed by atoms with Gasteiger partial charge in [0.2, 0.25) is 5.76 Å². The summed E-state index contributed by atoms with van der Waals surface area (Å²) in [6.07, 6.45) is 4.80. The lowest BCUT2D eigenvalue weighted by Gasteiger charge is -2.19. The van der Waals surface area contributed by atoms with Crippen LogP contribution in [0.15, 0.2) is 34.9 Å². The van der Waals surface area contributed by atoms with Crippen LogP contribution in [0.1, 0.15) is 53.4 Å². The number of aromatic nitrogens is 1. The van der Waals surface area contributed by atoms with E-state index < -0.39 is 0 Å². The molecule has 4 rings (SSSR count). The number of hydrogen-bond acceptors (Lipinski definition) is 4. The molecule has 0 N–H and O–H groups in total. The molecule has 5 nitrogen and oxygen atoms in total. The molecule has 0 bridgehead atoms. The fourth-order valence-electron chi connectivity index (χ4n) is 3.83. The molecule has 1 aromatic heterocycles. The predicted octanol–water partition coefficient (Wildman–Crippen LogP) is 3.42. The molecule has 1 saturated carbocycles. The number of para-hydroxylation sites is 1. The molecule has 1 aliphatic carbocycles. The molecule has 2 heterocycles. The minimum atomic E-state index is -0.0585. The topological polar surface area (TPSA) is 49.6 Å². The van der Waals surface area contributed by atoms with Crippen molar-refractivity contribution in [3.63, 3.8) is 0 Å². The third-order valence-electron chi connectivity index (χ3n) is 5.27. The van der Waals surface area contributed by atoms with Crippen molar-refractivity contribution >= 4 is 11.6 Å². The number of hydrogen-bond donors (Lipinski definition) is 0. The summed E-state index contributed by atoms with van der Waals surface area (Å²) < 4.78 is 5.39. The Hall–Kier alpha value is -2.30. The number of rotatable bonds is 2. The molecule has 0 atom stereocenters. The van der Waals surface area contributed by atoms with Crippen LogP contribution < -0.4 is 4.90 Å². The highest BCUT2D eigenvalue weighted by atomic mass is 16.5. The number of carbonyl (C=O) groups is 1. The van der Waals surface area contributed by atoms with E-state index in [9.17, 15) is 4.79 Å². The summed E-state index contributed by atoms with van der Waals surface area (Å²) in [5, 5.41) is 4.16. The average Bonchev–Trinajstić information content (AvgIpc) is 3.26. The molecule has 0 spiro atoms. The zero-order chi connectivity index (χ0) is 16.5. The van der Waals surface area contributed by atoms with Gasteiger partial charge in [-0.15, -0.1) is 0 Å². The van der Waals surface area contributed by atoms with Gasteiger partial charge in [0.1, 0.15) is 0 Å². The normalized spacial score (nSPS) is 18.5. The highest BCUT2D eigenvalue weighted by Gasteiger charge is 2.27. The van der Waals surface area contributed by atoms with Crippen LogP contribution in [0.3, 0.4) is 0 Å². The van der Waals surface area contributed by atoms with E-state index in [-0.39, 0.29) is 5.91 Å². The van der Waals surface area contributed by atoms with Crippen LogP contribution in [0.2, 0.25) is 0 Å². The molecule has 2 aliphatic rings. The van der Waals surface area contributed by atoms with Crippen molar-refractivity contribution in [1.82, 2.24) is 10.1 Å². The van der Waals surface area contributed by atoms with E-state index in [0.717, 1.165) is 25.1 Å². The Morgan fingerprint density at radius 3 is 2.83 bits per heavy atom. The van der Waals surface area contributed by atoms with Crippen LogP contribution in [-0.4, -0.2) is 36.1 Å². The van der Waals surface area contributed by atoms with Gasteiger partial charge in [0, 0.05) is 44.4 Å². The Labute approximate surface area is 142 Å². The largest absolute Gasteiger partial charge is 0.373 e. The van der Waals surface area contributed by atoms with Crippen molar-refractivity contribution in [2.75, 3.05) is 25.0 Å². The maximum absolute atomic E-state index is 12.9. The lowest BCUT2D eigenvalue weighted by atomic mass is 10.0. The number of benzene rings is 1. The fraction of sp³-hybridized carbons (Fsp3) is 0.474. The van der Waals surface area contributed by atoms with Crippen LogP contribution >= 0.6 is 0 Å². The van der Waals surface area contributed by atoms with Gasteiger partial charge in [-0.05, 0) is 24.5 Å². The highest BCUT2D eigenvalue weighted by molar-refractivity contribution is 5.91. The van der Waals surface area contributed by atoms with Crippen LogP contribution in [0.4, 0.5) is 5.69 Å². The number of amides is 1. The van der Waals surface area contributed by atoms with Crippen LogP contribution in [0, 0.1) is 0 Å². The van der Waals surface area contributed by atoms with E-state index in [1.165, 1.54) is 24.1 Å². The Morgan fingerprint density at radius 2 is 2.00 bits per heavy atom. The molecule has 0 unspecified atom stereocenters. The van der Waals surface area contributed by atoms with E-state index in [0.29, 0.717) is 24.8 Å². The number of nitrogens with zero attached hydrogens (tertiary/aromatic N) is 3. The van der Waals surface area contributed by atoms with Gasteiger partial charge < -0.3 is 14.3 Å². The smallest absolute Gasteiger partial charge is 0.292 e. The Morgan fingerprint density at radius 1 is 1.21 bits per heavy atom. The monoisotopic (exact) mass is 325 g/mol. The summed E-state index contributed by atoms with van der Waals surface area (Å²) in [6, 6.07) is 10.1. The van der Waals surface area contributed by atoms with Crippen molar-refractivity contribution in [3.8, 4) is 0 Å². The van der Waals surface area contributed by atoms with Gasteiger partial charge in [0.25, 0.3) is 5.91 Å². The van der Waals surface area contributed by atoms with Crippen molar-refractivity contribution in [1.29, 1.82) is 0 Å². The molecular weight excluding hydrogens is 302 g/mol. The maximum atomic E-state index is 12.9. The van der Waals surface area contributed by atoms with Crippen molar-refractivity contribution in [3.05, 3.63) is 47.3 Å². The van der Waals surface area contributed by atoms with Gasteiger partial charge in [-0.25, -0.2) is 0 Å². The van der Waals surface area contributed by atoms with Gasteiger partial charge in [-0.3, -0.25) is 4.79 Å². The maximum Gasteiger partial charge on any atom is 0.292 e. The molecule has 0 saturated heterocycles. The van der Waals surface area contributed by atoms with Gasteiger partial charge in [-0.2, -0.15) is 0 Å². The molecular formula is C19H23N3O2. The van der Waals surface area contributed by atoms with Crippen LogP contribution in [-0.2, 0) is 6.54 Å². The van der Waals surface area contributed by atoms with E-state index >= 15 is 0 Å². The third kappa shape index (κ3) is 2.79. The molecule has 1 aliphatic heterocycles. The first-order valence-electron chi connectivity index (χ1n) is 8.77. The SMILES string of the molecule is CN1CCN(C(=O)c2cc(C3CCCC3)no2)Cc2ccccc21. The van der Waals surface area contributed by atoms with E-state index in [2.05, 4.69) is 29.2 Å².